The number of likely N-dealkylation sites (N-methyl/N-ethyl adjacent to an activating group) is 1. The summed E-state index contributed by atoms with van der Waals surface area (Å²) in [5.41, 5.74) is 3.80. The summed E-state index contributed by atoms with van der Waals surface area (Å²) in [6.07, 6.45) is 0. The van der Waals surface area contributed by atoms with Crippen molar-refractivity contribution < 1.29 is 9.90 Å². The fraction of sp³-hybridized carbons (Fsp3) is 0.214. The number of aromatic hydroxyl groups is 1. The van der Waals surface area contributed by atoms with Crippen molar-refractivity contribution in [2.75, 3.05) is 45.1 Å². The molecule has 0 radical (unpaired) electrons. The van der Waals surface area contributed by atoms with Crippen molar-refractivity contribution in [1.82, 2.24) is 14.8 Å². The minimum Gasteiger partial charge on any atom is -0.494 e. The maximum Gasteiger partial charge on any atom is 0.238 e. The highest BCUT2D eigenvalue weighted by molar-refractivity contribution is 6.34. The van der Waals surface area contributed by atoms with Crippen LogP contribution in [0.1, 0.15) is 11.1 Å². The zero-order chi connectivity index (χ0) is 25.9. The van der Waals surface area contributed by atoms with Crippen LogP contribution >= 0.6 is 23.2 Å². The third kappa shape index (κ3) is 5.81. The molecule has 0 saturated carbocycles. The molecule has 1 saturated heterocycles. The number of aromatic nitrogens is 1. The Hall–Kier alpha value is -3.36. The first-order valence-corrected chi connectivity index (χ1v) is 12.8. The molecule has 1 amide bonds. The van der Waals surface area contributed by atoms with E-state index in [9.17, 15) is 9.90 Å². The molecule has 9 heteroatoms. The first-order valence-electron chi connectivity index (χ1n) is 12.0. The molecule has 0 aliphatic carbocycles. The van der Waals surface area contributed by atoms with E-state index in [-0.39, 0.29) is 11.8 Å². The number of H-pyrrole nitrogens is 1. The minimum atomic E-state index is -0.102. The zero-order valence-electron chi connectivity index (χ0n) is 20.3. The van der Waals surface area contributed by atoms with E-state index in [2.05, 4.69) is 27.1 Å². The molecular weight excluding hydrogens is 509 g/mol. The van der Waals surface area contributed by atoms with Crippen LogP contribution in [0.3, 0.4) is 0 Å². The highest BCUT2D eigenvalue weighted by Crippen LogP contribution is 2.34. The van der Waals surface area contributed by atoms with Gasteiger partial charge in [0.05, 0.1) is 39.7 Å². The van der Waals surface area contributed by atoms with Gasteiger partial charge in [0, 0.05) is 42.2 Å². The lowest BCUT2D eigenvalue weighted by Crippen LogP contribution is -2.47. The van der Waals surface area contributed by atoms with Crippen molar-refractivity contribution in [2.24, 2.45) is 4.99 Å². The predicted octanol–water partition coefficient (Wildman–Crippen LogP) is 5.54. The van der Waals surface area contributed by atoms with Gasteiger partial charge in [-0.25, -0.2) is 4.99 Å². The van der Waals surface area contributed by atoms with Crippen molar-refractivity contribution in [3.05, 3.63) is 87.9 Å². The van der Waals surface area contributed by atoms with Gasteiger partial charge in [0.25, 0.3) is 0 Å². The Labute approximate surface area is 225 Å². The summed E-state index contributed by atoms with van der Waals surface area (Å²) < 4.78 is 0. The largest absolute Gasteiger partial charge is 0.494 e. The van der Waals surface area contributed by atoms with Gasteiger partial charge in [-0.15, -0.1) is 0 Å². The first kappa shape index (κ1) is 25.3. The van der Waals surface area contributed by atoms with E-state index in [1.807, 2.05) is 36.4 Å². The number of nitrogens with one attached hydrogen (secondary N) is 2. The Morgan fingerprint density at radius 1 is 1.03 bits per heavy atom. The maximum atomic E-state index is 12.6. The second-order valence-electron chi connectivity index (χ2n) is 9.16. The van der Waals surface area contributed by atoms with Crippen LogP contribution in [-0.2, 0) is 4.79 Å². The number of aromatic amines is 1. The highest BCUT2D eigenvalue weighted by Gasteiger charge is 2.20. The molecule has 0 atom stereocenters. The average Bonchev–Trinajstić information content (AvgIpc) is 3.20. The monoisotopic (exact) mass is 535 g/mol. The highest BCUT2D eigenvalue weighted by atomic mass is 35.5. The number of carbonyl (C=O) groups is 1. The number of benzene rings is 3. The van der Waals surface area contributed by atoms with Crippen LogP contribution in [0.15, 0.2) is 71.7 Å². The SMILES string of the molecule is CN1CCN(CC(=O)Nc2ccc(N=C(c3ccccc3)c3c(O)[nH]c4cc(Cl)ccc34)cc2Cl)CC1. The first-order chi connectivity index (χ1) is 17.9. The zero-order valence-corrected chi connectivity index (χ0v) is 21.9. The van der Waals surface area contributed by atoms with E-state index in [0.29, 0.717) is 44.8 Å². The van der Waals surface area contributed by atoms with Crippen LogP contribution in [0, 0.1) is 0 Å². The fourth-order valence-corrected chi connectivity index (χ4v) is 4.85. The number of fused-ring (bicyclic) bond motifs is 1. The van der Waals surface area contributed by atoms with Crippen molar-refractivity contribution in [2.45, 2.75) is 0 Å². The summed E-state index contributed by atoms with van der Waals surface area (Å²) in [6, 6.07) is 20.3. The average molecular weight is 536 g/mol. The number of anilines is 1. The number of nitrogens with zero attached hydrogens (tertiary/aromatic N) is 3. The van der Waals surface area contributed by atoms with Crippen LogP contribution in [0.5, 0.6) is 5.88 Å². The van der Waals surface area contributed by atoms with Gasteiger partial charge in [0.1, 0.15) is 0 Å². The Balaban J connectivity index is 1.44. The third-order valence-corrected chi connectivity index (χ3v) is 7.00. The van der Waals surface area contributed by atoms with E-state index >= 15 is 0 Å². The molecule has 0 unspecified atom stereocenters. The number of aliphatic imine (C=N–C) groups is 1. The molecule has 3 N–H and O–H groups in total. The van der Waals surface area contributed by atoms with Gasteiger partial charge in [0.15, 0.2) is 5.88 Å². The van der Waals surface area contributed by atoms with Gasteiger partial charge in [-0.2, -0.15) is 0 Å². The van der Waals surface area contributed by atoms with Crippen LogP contribution in [0.4, 0.5) is 11.4 Å². The molecule has 1 fully saturated rings. The molecule has 190 valence electrons. The topological polar surface area (TPSA) is 84.0 Å². The van der Waals surface area contributed by atoms with Crippen LogP contribution in [0.25, 0.3) is 10.9 Å². The second-order valence-corrected chi connectivity index (χ2v) is 10.0. The van der Waals surface area contributed by atoms with Gasteiger partial charge in [-0.05, 0) is 37.4 Å². The van der Waals surface area contributed by atoms with Crippen LogP contribution in [0.2, 0.25) is 10.0 Å². The molecule has 5 rings (SSSR count). The number of piperazine rings is 1. The van der Waals surface area contributed by atoms with Gasteiger partial charge in [0.2, 0.25) is 5.91 Å². The van der Waals surface area contributed by atoms with Crippen molar-refractivity contribution in [3.8, 4) is 5.88 Å². The quantitative estimate of drug-likeness (QED) is 0.283. The molecule has 2 heterocycles. The van der Waals surface area contributed by atoms with E-state index in [0.717, 1.165) is 37.1 Å². The number of amides is 1. The van der Waals surface area contributed by atoms with E-state index in [1.165, 1.54) is 0 Å². The number of hydrogen-bond acceptors (Lipinski definition) is 5. The fourth-order valence-electron chi connectivity index (χ4n) is 4.46. The summed E-state index contributed by atoms with van der Waals surface area (Å²) in [4.78, 5) is 24.9. The molecule has 0 bridgehead atoms. The standard InChI is InChI=1S/C28H27Cl2N5O2/c1-34-11-13-35(14-12-34)17-25(36)32-23-10-8-20(16-22(23)30)31-27(18-5-3-2-4-6-18)26-21-9-7-19(29)15-24(21)33-28(26)37/h2-10,15-16,33,37H,11-14,17H2,1H3,(H,32,36). The summed E-state index contributed by atoms with van der Waals surface area (Å²) in [5, 5.41) is 15.5. The van der Waals surface area contributed by atoms with Crippen molar-refractivity contribution in [1.29, 1.82) is 0 Å². The smallest absolute Gasteiger partial charge is 0.238 e. The Morgan fingerprint density at radius 2 is 1.78 bits per heavy atom. The molecular formula is C28H27Cl2N5O2. The lowest BCUT2D eigenvalue weighted by Gasteiger charge is -2.31. The number of hydrogen-bond donors (Lipinski definition) is 3. The molecule has 4 aromatic rings. The lowest BCUT2D eigenvalue weighted by molar-refractivity contribution is -0.117. The third-order valence-electron chi connectivity index (χ3n) is 6.46. The number of rotatable bonds is 6. The summed E-state index contributed by atoms with van der Waals surface area (Å²) >= 11 is 12.7. The molecule has 37 heavy (non-hydrogen) atoms. The molecule has 7 nitrogen and oxygen atoms in total. The molecule has 0 spiro atoms. The number of carbonyl (C=O) groups excluding carboxylic acids is 1. The van der Waals surface area contributed by atoms with E-state index in [1.54, 1.807) is 30.3 Å². The summed E-state index contributed by atoms with van der Waals surface area (Å²) in [6.45, 7) is 3.94. The number of halogens is 2. The Kier molecular flexibility index (Phi) is 7.48. The second kappa shape index (κ2) is 10.9. The van der Waals surface area contributed by atoms with Crippen LogP contribution in [-0.4, -0.2) is 71.3 Å². The van der Waals surface area contributed by atoms with Gasteiger partial charge in [-0.3, -0.25) is 9.69 Å². The van der Waals surface area contributed by atoms with Crippen LogP contribution < -0.4 is 5.32 Å². The molecule has 3 aromatic carbocycles. The predicted molar refractivity (Wildman–Crippen MR) is 151 cm³/mol. The molecule has 1 aliphatic rings. The minimum absolute atomic E-state index is 0.00115. The summed E-state index contributed by atoms with van der Waals surface area (Å²) in [7, 11) is 2.08. The Morgan fingerprint density at radius 3 is 2.51 bits per heavy atom. The lowest BCUT2D eigenvalue weighted by atomic mass is 10.0. The van der Waals surface area contributed by atoms with Crippen molar-refractivity contribution in [3.63, 3.8) is 0 Å². The van der Waals surface area contributed by atoms with Gasteiger partial charge >= 0.3 is 0 Å². The van der Waals surface area contributed by atoms with Crippen molar-refractivity contribution >= 4 is 57.1 Å². The maximum absolute atomic E-state index is 12.6. The van der Waals surface area contributed by atoms with E-state index < -0.39 is 0 Å². The normalized spacial score (nSPS) is 15.3. The molecule has 1 aliphatic heterocycles. The molecule has 1 aromatic heterocycles. The Bertz CT molecular complexity index is 1460. The van der Waals surface area contributed by atoms with Gasteiger partial charge in [-0.1, -0.05) is 59.6 Å². The van der Waals surface area contributed by atoms with E-state index in [4.69, 9.17) is 28.2 Å². The summed E-state index contributed by atoms with van der Waals surface area (Å²) in [5.74, 6) is -0.103. The van der Waals surface area contributed by atoms with Gasteiger partial charge < -0.3 is 20.3 Å².